The normalized spacial score (nSPS) is 29.7. The molecule has 7 aliphatic heterocycles. The Labute approximate surface area is 260 Å². The average Bonchev–Trinajstić information content (AvgIpc) is 3.36. The fourth-order valence-corrected chi connectivity index (χ4v) is 9.33. The van der Waals surface area contributed by atoms with Crippen LogP contribution in [-0.2, 0) is 20.7 Å². The highest BCUT2D eigenvalue weighted by Gasteiger charge is 2.54. The molecule has 7 aliphatic rings. The summed E-state index contributed by atoms with van der Waals surface area (Å²) in [6.45, 7) is 8.63. The number of fused-ring (bicyclic) bond motifs is 7. The van der Waals surface area contributed by atoms with Crippen LogP contribution in [0.2, 0.25) is 0 Å². The predicted octanol–water partition coefficient (Wildman–Crippen LogP) is 4.15. The molecular formula is C32H38N3O8S-. The van der Waals surface area contributed by atoms with Crippen LogP contribution in [0.25, 0.3) is 5.32 Å². The Balaban J connectivity index is 1.48. The van der Waals surface area contributed by atoms with Crippen molar-refractivity contribution in [2.24, 2.45) is 0 Å². The van der Waals surface area contributed by atoms with E-state index in [0.717, 1.165) is 34.2 Å². The SMILES string of the molecule is CCCN[C@H]1CS[C@@H]2c3c(OC(C)=O)c(C)c4c(c3[C@H](COC1=O)N1C3C[N-][C@H](c5c(cc(C)c(OC)c5O)C3)C21)OCO4. The second-order valence-corrected chi connectivity index (χ2v) is 13.3. The molecule has 0 spiro atoms. The molecule has 0 radical (unpaired) electrons. The van der Waals surface area contributed by atoms with Crippen LogP contribution in [0.1, 0.15) is 71.0 Å². The van der Waals surface area contributed by atoms with Gasteiger partial charge in [0.15, 0.2) is 23.0 Å². The number of ether oxygens (including phenoxy) is 5. The number of hydrogen-bond donors (Lipinski definition) is 2. The molecule has 0 aromatic heterocycles. The van der Waals surface area contributed by atoms with Gasteiger partial charge in [0.25, 0.3) is 0 Å². The molecule has 12 heteroatoms. The number of carbonyl (C=O) groups is 2. The number of piperazine rings is 1. The molecule has 3 unspecified atom stereocenters. The van der Waals surface area contributed by atoms with Gasteiger partial charge in [-0.2, -0.15) is 0 Å². The van der Waals surface area contributed by atoms with Crippen molar-refractivity contribution in [2.45, 2.75) is 76.0 Å². The highest BCUT2D eigenvalue weighted by Crippen LogP contribution is 2.64. The number of methoxy groups -OCH3 is 1. The molecule has 11 nitrogen and oxygen atoms in total. The minimum absolute atomic E-state index is 0.0328. The van der Waals surface area contributed by atoms with Crippen molar-refractivity contribution >= 4 is 23.7 Å². The van der Waals surface area contributed by atoms with Gasteiger partial charge >= 0.3 is 11.9 Å². The van der Waals surface area contributed by atoms with Crippen LogP contribution in [-0.4, -0.2) is 79.4 Å². The number of thioether (sulfide) groups is 1. The summed E-state index contributed by atoms with van der Waals surface area (Å²) in [7, 11) is 1.57. The van der Waals surface area contributed by atoms with E-state index in [1.165, 1.54) is 6.92 Å². The van der Waals surface area contributed by atoms with E-state index in [-0.39, 0.29) is 42.5 Å². The van der Waals surface area contributed by atoms with Crippen LogP contribution in [0, 0.1) is 13.8 Å². The van der Waals surface area contributed by atoms with Gasteiger partial charge in [0, 0.05) is 40.7 Å². The molecule has 2 saturated heterocycles. The van der Waals surface area contributed by atoms with Crippen molar-refractivity contribution in [3.63, 3.8) is 0 Å². The highest BCUT2D eigenvalue weighted by molar-refractivity contribution is 7.99. The fraction of sp³-hybridized carbons (Fsp3) is 0.562. The zero-order valence-corrected chi connectivity index (χ0v) is 26.4. The van der Waals surface area contributed by atoms with Gasteiger partial charge < -0.3 is 39.4 Å². The third kappa shape index (κ3) is 4.44. The number of nitrogens with zero attached hydrogens (tertiary/aromatic N) is 2. The molecule has 7 heterocycles. The summed E-state index contributed by atoms with van der Waals surface area (Å²) in [5, 5.41) is 19.9. The van der Waals surface area contributed by atoms with E-state index in [1.807, 2.05) is 13.8 Å². The molecule has 0 amide bonds. The molecule has 2 fully saturated rings. The van der Waals surface area contributed by atoms with Gasteiger partial charge in [-0.3, -0.25) is 14.5 Å². The molecule has 9 rings (SSSR count). The van der Waals surface area contributed by atoms with Gasteiger partial charge in [0.05, 0.1) is 13.2 Å². The first kappa shape index (κ1) is 29.5. The van der Waals surface area contributed by atoms with Gasteiger partial charge in [-0.15, -0.1) is 18.3 Å². The van der Waals surface area contributed by atoms with Crippen LogP contribution in [0.3, 0.4) is 0 Å². The van der Waals surface area contributed by atoms with Gasteiger partial charge in [0.2, 0.25) is 6.79 Å². The lowest BCUT2D eigenvalue weighted by Gasteiger charge is -2.60. The van der Waals surface area contributed by atoms with Crippen molar-refractivity contribution in [1.82, 2.24) is 10.2 Å². The molecule has 2 N–H and O–H groups in total. The number of rotatable bonds is 5. The summed E-state index contributed by atoms with van der Waals surface area (Å²) in [6, 6.07) is 0.492. The molecule has 2 aromatic carbocycles. The second kappa shape index (κ2) is 11.3. The number of aromatic hydroxyl groups is 1. The maximum atomic E-state index is 13.4. The Kier molecular flexibility index (Phi) is 7.59. The van der Waals surface area contributed by atoms with Gasteiger partial charge in [-0.05, 0) is 56.0 Å². The van der Waals surface area contributed by atoms with E-state index < -0.39 is 24.1 Å². The number of esters is 2. The molecule has 44 heavy (non-hydrogen) atoms. The minimum atomic E-state index is -0.508. The highest BCUT2D eigenvalue weighted by atomic mass is 32.2. The lowest BCUT2D eigenvalue weighted by molar-refractivity contribution is -0.149. The van der Waals surface area contributed by atoms with Gasteiger partial charge in [-0.25, -0.2) is 0 Å². The summed E-state index contributed by atoms with van der Waals surface area (Å²) in [5.74, 6) is 1.88. The van der Waals surface area contributed by atoms with E-state index in [0.29, 0.717) is 53.8 Å². The molecule has 0 aliphatic carbocycles. The summed E-state index contributed by atoms with van der Waals surface area (Å²) in [4.78, 5) is 28.4. The Morgan fingerprint density at radius 1 is 1.18 bits per heavy atom. The fourth-order valence-electron chi connectivity index (χ4n) is 7.79. The van der Waals surface area contributed by atoms with E-state index in [2.05, 4.69) is 23.2 Å². The number of hydrogen-bond acceptors (Lipinski definition) is 11. The standard InChI is InChI=1S/C32H38N3O8S/c1-6-7-33-19-12-44-31-23-22(30-29(41-13-42-30)15(3)28(23)43-16(4)36)20(11-40-32(19)38)35-18-9-17-8-14(2)27(39-5)26(37)21(17)24(25(31)35)34-10-18/h8,18-20,24-25,31,33,37H,6-7,9-13H2,1-5H3/q-1/t18?,19-,20-,24+,25?,31+/m0/s1. The van der Waals surface area contributed by atoms with Crippen LogP contribution in [0.15, 0.2) is 6.07 Å². The first-order valence-corrected chi connectivity index (χ1v) is 16.3. The van der Waals surface area contributed by atoms with Gasteiger partial charge in [-0.1, -0.05) is 19.0 Å². The number of phenolic OH excluding ortho intramolecular Hbond substituents is 1. The Morgan fingerprint density at radius 2 is 1.98 bits per heavy atom. The van der Waals surface area contributed by atoms with Crippen molar-refractivity contribution in [3.8, 4) is 28.7 Å². The summed E-state index contributed by atoms with van der Waals surface area (Å²) >= 11 is 1.62. The molecule has 0 saturated carbocycles. The quantitative estimate of drug-likeness (QED) is 0.368. The van der Waals surface area contributed by atoms with E-state index in [4.69, 9.17) is 29.0 Å². The number of nitrogens with one attached hydrogen (secondary N) is 1. The summed E-state index contributed by atoms with van der Waals surface area (Å²) in [5.41, 5.74) is 5.03. The van der Waals surface area contributed by atoms with Crippen LogP contribution < -0.4 is 24.3 Å². The second-order valence-electron chi connectivity index (χ2n) is 12.1. The molecular weight excluding hydrogens is 586 g/mol. The van der Waals surface area contributed by atoms with Crippen LogP contribution in [0.5, 0.6) is 28.7 Å². The summed E-state index contributed by atoms with van der Waals surface area (Å²) in [6.07, 6.45) is 1.53. The monoisotopic (exact) mass is 624 g/mol. The van der Waals surface area contributed by atoms with Crippen LogP contribution >= 0.6 is 11.8 Å². The van der Waals surface area contributed by atoms with Crippen molar-refractivity contribution < 1.29 is 38.4 Å². The third-order valence-electron chi connectivity index (χ3n) is 9.48. The van der Waals surface area contributed by atoms with Crippen LogP contribution in [0.4, 0.5) is 0 Å². The number of phenols is 1. The topological polar surface area (TPSA) is 130 Å². The zero-order chi connectivity index (χ0) is 30.9. The Bertz CT molecular complexity index is 1530. The first-order chi connectivity index (χ1) is 21.2. The van der Waals surface area contributed by atoms with Gasteiger partial charge in [0.1, 0.15) is 18.4 Å². The van der Waals surface area contributed by atoms with E-state index in [1.54, 1.807) is 18.9 Å². The third-order valence-corrected chi connectivity index (χ3v) is 10.9. The smallest absolute Gasteiger partial charge is 0.324 e. The first-order valence-electron chi connectivity index (χ1n) is 15.2. The number of aryl methyl sites for hydroxylation is 1. The average molecular weight is 625 g/mol. The largest absolute Gasteiger partial charge is 0.653 e. The van der Waals surface area contributed by atoms with Crippen molar-refractivity contribution in [3.05, 3.63) is 44.8 Å². The van der Waals surface area contributed by atoms with E-state index >= 15 is 0 Å². The zero-order valence-electron chi connectivity index (χ0n) is 25.6. The molecule has 236 valence electrons. The maximum absolute atomic E-state index is 13.4. The molecule has 4 bridgehead atoms. The maximum Gasteiger partial charge on any atom is 0.324 e. The lowest BCUT2D eigenvalue weighted by atomic mass is 9.79. The number of carbonyl (C=O) groups excluding carboxylic acids is 2. The number of benzene rings is 2. The molecule has 7 atom stereocenters. The Hall–Kier alpha value is -3.19. The Morgan fingerprint density at radius 3 is 2.73 bits per heavy atom. The van der Waals surface area contributed by atoms with Crippen molar-refractivity contribution in [2.75, 3.05) is 39.4 Å². The molecule has 2 aromatic rings. The van der Waals surface area contributed by atoms with E-state index in [9.17, 15) is 14.7 Å². The summed E-state index contributed by atoms with van der Waals surface area (Å²) < 4.78 is 29.9. The van der Waals surface area contributed by atoms with Crippen molar-refractivity contribution in [1.29, 1.82) is 0 Å². The predicted molar refractivity (Wildman–Crippen MR) is 163 cm³/mol. The lowest BCUT2D eigenvalue weighted by Crippen LogP contribution is -2.58. The minimum Gasteiger partial charge on any atom is -0.653 e.